The van der Waals surface area contributed by atoms with E-state index in [1.807, 2.05) is 23.1 Å². The number of amides is 1. The zero-order chi connectivity index (χ0) is 19.1. The van der Waals surface area contributed by atoms with E-state index in [0.29, 0.717) is 31.9 Å². The number of benzene rings is 2. The number of H-pyrrole nitrogens is 1. The number of aromatic nitrogens is 2. The molecule has 3 aromatic rings. The quantitative estimate of drug-likeness (QED) is 0.747. The van der Waals surface area contributed by atoms with Crippen molar-refractivity contribution < 1.29 is 9.53 Å². The number of anilines is 1. The van der Waals surface area contributed by atoms with Gasteiger partial charge >= 0.3 is 0 Å². The van der Waals surface area contributed by atoms with Gasteiger partial charge in [0, 0.05) is 43.5 Å². The number of nitrogens with zero attached hydrogens (tertiary/aromatic N) is 3. The molecule has 6 nitrogen and oxygen atoms in total. The SMILES string of the molecule is CN1CCCc2cc(-c3nc4ccc(C(=O)N5CCOCC5)cc4[nH]3)ccc21. The van der Waals surface area contributed by atoms with Crippen molar-refractivity contribution in [1.82, 2.24) is 14.9 Å². The van der Waals surface area contributed by atoms with Gasteiger partial charge in [0.2, 0.25) is 0 Å². The van der Waals surface area contributed by atoms with Crippen LogP contribution in [0.15, 0.2) is 36.4 Å². The Labute approximate surface area is 164 Å². The Morgan fingerprint density at radius 3 is 2.82 bits per heavy atom. The van der Waals surface area contributed by atoms with Gasteiger partial charge in [-0.25, -0.2) is 4.98 Å². The highest BCUT2D eigenvalue weighted by atomic mass is 16.5. The molecular weight excluding hydrogens is 352 g/mol. The van der Waals surface area contributed by atoms with Gasteiger partial charge in [-0.1, -0.05) is 0 Å². The molecule has 0 bridgehead atoms. The number of imidazole rings is 1. The molecular formula is C22H24N4O2. The number of carbonyl (C=O) groups excluding carboxylic acids is 1. The smallest absolute Gasteiger partial charge is 0.254 e. The maximum absolute atomic E-state index is 12.7. The fraction of sp³-hybridized carbons (Fsp3) is 0.364. The summed E-state index contributed by atoms with van der Waals surface area (Å²) in [6.45, 7) is 3.62. The van der Waals surface area contributed by atoms with Crippen molar-refractivity contribution in [1.29, 1.82) is 0 Å². The van der Waals surface area contributed by atoms with Crippen molar-refractivity contribution in [2.75, 3.05) is 44.8 Å². The first-order valence-electron chi connectivity index (χ1n) is 9.90. The van der Waals surface area contributed by atoms with Crippen LogP contribution in [0.1, 0.15) is 22.3 Å². The van der Waals surface area contributed by atoms with Gasteiger partial charge in [0.05, 0.1) is 24.2 Å². The highest BCUT2D eigenvalue weighted by Crippen LogP contribution is 2.30. The number of aromatic amines is 1. The first kappa shape index (κ1) is 17.3. The second kappa shape index (κ2) is 6.95. The second-order valence-corrected chi connectivity index (χ2v) is 7.59. The number of hydrogen-bond acceptors (Lipinski definition) is 4. The lowest BCUT2D eigenvalue weighted by Gasteiger charge is -2.27. The zero-order valence-corrected chi connectivity index (χ0v) is 16.1. The molecule has 1 aromatic heterocycles. The summed E-state index contributed by atoms with van der Waals surface area (Å²) < 4.78 is 5.34. The number of aryl methyl sites for hydroxylation is 1. The lowest BCUT2D eigenvalue weighted by molar-refractivity contribution is 0.0303. The van der Waals surface area contributed by atoms with Crippen molar-refractivity contribution >= 4 is 22.6 Å². The lowest BCUT2D eigenvalue weighted by Crippen LogP contribution is -2.40. The van der Waals surface area contributed by atoms with Crippen LogP contribution in [-0.2, 0) is 11.2 Å². The molecule has 1 fully saturated rings. The van der Waals surface area contributed by atoms with Crippen LogP contribution in [0.4, 0.5) is 5.69 Å². The largest absolute Gasteiger partial charge is 0.378 e. The van der Waals surface area contributed by atoms with E-state index in [4.69, 9.17) is 9.72 Å². The molecule has 1 saturated heterocycles. The lowest BCUT2D eigenvalue weighted by atomic mass is 9.99. The summed E-state index contributed by atoms with van der Waals surface area (Å²) in [5.74, 6) is 0.903. The van der Waals surface area contributed by atoms with Crippen LogP contribution >= 0.6 is 0 Å². The Morgan fingerprint density at radius 2 is 1.96 bits per heavy atom. The summed E-state index contributed by atoms with van der Waals surface area (Å²) in [6, 6.07) is 12.3. The zero-order valence-electron chi connectivity index (χ0n) is 16.1. The van der Waals surface area contributed by atoms with Crippen molar-refractivity contribution in [2.24, 2.45) is 0 Å². The Bertz CT molecular complexity index is 1040. The molecule has 0 atom stereocenters. The van der Waals surface area contributed by atoms with Gasteiger partial charge < -0.3 is 19.5 Å². The highest BCUT2D eigenvalue weighted by molar-refractivity contribution is 5.97. The fourth-order valence-corrected chi connectivity index (χ4v) is 4.16. The molecule has 0 saturated carbocycles. The number of hydrogen-bond donors (Lipinski definition) is 1. The molecule has 0 radical (unpaired) electrons. The second-order valence-electron chi connectivity index (χ2n) is 7.59. The van der Waals surface area contributed by atoms with Crippen LogP contribution in [0.5, 0.6) is 0 Å². The van der Waals surface area contributed by atoms with Gasteiger partial charge in [-0.2, -0.15) is 0 Å². The van der Waals surface area contributed by atoms with E-state index in [1.165, 1.54) is 17.7 Å². The van der Waals surface area contributed by atoms with Crippen molar-refractivity contribution in [3.63, 3.8) is 0 Å². The third-order valence-corrected chi connectivity index (χ3v) is 5.73. The molecule has 3 heterocycles. The van der Waals surface area contributed by atoms with Crippen molar-refractivity contribution in [3.05, 3.63) is 47.5 Å². The average Bonchev–Trinajstić information content (AvgIpc) is 3.17. The summed E-state index contributed by atoms with van der Waals surface area (Å²) in [6.07, 6.45) is 2.28. The van der Waals surface area contributed by atoms with Gasteiger partial charge in [0.1, 0.15) is 5.82 Å². The minimum Gasteiger partial charge on any atom is -0.378 e. The first-order valence-corrected chi connectivity index (χ1v) is 9.90. The third-order valence-electron chi connectivity index (χ3n) is 5.73. The summed E-state index contributed by atoms with van der Waals surface area (Å²) >= 11 is 0. The normalized spacial score (nSPS) is 17.0. The van der Waals surface area contributed by atoms with Crippen LogP contribution in [0.3, 0.4) is 0 Å². The number of morpholine rings is 1. The summed E-state index contributed by atoms with van der Waals surface area (Å²) in [5, 5.41) is 0. The molecule has 1 N–H and O–H groups in total. The van der Waals surface area contributed by atoms with Gasteiger partial charge in [-0.05, 0) is 54.8 Å². The maximum Gasteiger partial charge on any atom is 0.254 e. The monoisotopic (exact) mass is 376 g/mol. The van der Waals surface area contributed by atoms with E-state index in [1.54, 1.807) is 0 Å². The predicted molar refractivity (Wildman–Crippen MR) is 110 cm³/mol. The fourth-order valence-electron chi connectivity index (χ4n) is 4.16. The average molecular weight is 376 g/mol. The Balaban J connectivity index is 1.46. The number of fused-ring (bicyclic) bond motifs is 2. The number of nitrogens with one attached hydrogen (secondary N) is 1. The van der Waals surface area contributed by atoms with E-state index in [0.717, 1.165) is 35.4 Å². The Hall–Kier alpha value is -2.86. The van der Waals surface area contributed by atoms with Crippen molar-refractivity contribution in [2.45, 2.75) is 12.8 Å². The molecule has 2 aliphatic rings. The Kier molecular flexibility index (Phi) is 4.28. The number of rotatable bonds is 2. The minimum absolute atomic E-state index is 0.0539. The standard InChI is InChI=1S/C22H24N4O2/c1-25-8-2-3-15-13-16(5-7-20(15)25)21-23-18-6-4-17(14-19(18)24-21)22(27)26-9-11-28-12-10-26/h4-7,13-14H,2-3,8-12H2,1H3,(H,23,24). The number of carbonyl (C=O) groups is 1. The summed E-state index contributed by atoms with van der Waals surface area (Å²) in [5.41, 5.74) is 6.23. The van der Waals surface area contributed by atoms with E-state index >= 15 is 0 Å². The molecule has 1 amide bonds. The number of ether oxygens (including phenoxy) is 1. The van der Waals surface area contributed by atoms with Gasteiger partial charge in [0.25, 0.3) is 5.91 Å². The molecule has 0 aliphatic carbocycles. The Morgan fingerprint density at radius 1 is 1.11 bits per heavy atom. The van der Waals surface area contributed by atoms with E-state index < -0.39 is 0 Å². The highest BCUT2D eigenvalue weighted by Gasteiger charge is 2.20. The van der Waals surface area contributed by atoms with Gasteiger partial charge in [-0.15, -0.1) is 0 Å². The molecule has 2 aliphatic heterocycles. The topological polar surface area (TPSA) is 61.5 Å². The molecule has 0 spiro atoms. The molecule has 28 heavy (non-hydrogen) atoms. The van der Waals surface area contributed by atoms with Crippen LogP contribution in [0.2, 0.25) is 0 Å². The molecule has 144 valence electrons. The first-order chi connectivity index (χ1) is 13.7. The molecule has 5 rings (SSSR count). The summed E-state index contributed by atoms with van der Waals surface area (Å²) in [7, 11) is 2.14. The van der Waals surface area contributed by atoms with E-state index in [-0.39, 0.29) is 5.91 Å². The van der Waals surface area contributed by atoms with E-state index in [2.05, 4.69) is 35.1 Å². The van der Waals surface area contributed by atoms with Gasteiger partial charge in [-0.3, -0.25) is 4.79 Å². The van der Waals surface area contributed by atoms with Crippen LogP contribution in [0.25, 0.3) is 22.4 Å². The minimum atomic E-state index is 0.0539. The predicted octanol–water partition coefficient (Wildman–Crippen LogP) is 3.08. The summed E-state index contributed by atoms with van der Waals surface area (Å²) in [4.78, 5) is 25.1. The maximum atomic E-state index is 12.7. The molecule has 6 heteroatoms. The molecule has 0 unspecified atom stereocenters. The third kappa shape index (κ3) is 3.03. The van der Waals surface area contributed by atoms with Crippen molar-refractivity contribution in [3.8, 4) is 11.4 Å². The van der Waals surface area contributed by atoms with Gasteiger partial charge in [0.15, 0.2) is 0 Å². The van der Waals surface area contributed by atoms with E-state index in [9.17, 15) is 4.79 Å². The van der Waals surface area contributed by atoms with Crippen LogP contribution in [-0.4, -0.2) is 60.7 Å². The molecule has 2 aromatic carbocycles. The van der Waals surface area contributed by atoms with Crippen LogP contribution < -0.4 is 4.90 Å². The van der Waals surface area contributed by atoms with Crippen LogP contribution in [0, 0.1) is 0 Å².